The summed E-state index contributed by atoms with van der Waals surface area (Å²) in [5.74, 6) is -0.184. The van der Waals surface area contributed by atoms with Crippen LogP contribution in [0, 0.1) is 0 Å². The molecule has 146 valence electrons. The summed E-state index contributed by atoms with van der Waals surface area (Å²) in [6.07, 6.45) is 5.33. The highest BCUT2D eigenvalue weighted by molar-refractivity contribution is 7.88. The second-order valence-electron chi connectivity index (χ2n) is 6.78. The maximum absolute atomic E-state index is 12.4. The summed E-state index contributed by atoms with van der Waals surface area (Å²) in [4.78, 5) is 19.0. The zero-order valence-corrected chi connectivity index (χ0v) is 16.6. The van der Waals surface area contributed by atoms with E-state index >= 15 is 0 Å². The molecule has 4 rings (SSSR count). The van der Waals surface area contributed by atoms with Gasteiger partial charge >= 0.3 is 0 Å². The van der Waals surface area contributed by atoms with Gasteiger partial charge in [0.1, 0.15) is 17.6 Å². The van der Waals surface area contributed by atoms with E-state index in [0.29, 0.717) is 12.2 Å². The lowest BCUT2D eigenvalue weighted by atomic mass is 10.2. The molecule has 0 saturated carbocycles. The number of amides is 1. The van der Waals surface area contributed by atoms with Crippen LogP contribution in [0.15, 0.2) is 54.9 Å². The number of carbonyl (C=O) groups is 1. The number of carbonyl (C=O) groups excluding carboxylic acids is 1. The van der Waals surface area contributed by atoms with Gasteiger partial charge in [0.15, 0.2) is 0 Å². The zero-order valence-electron chi connectivity index (χ0n) is 15.7. The minimum atomic E-state index is -0.896. The van der Waals surface area contributed by atoms with E-state index in [0.717, 1.165) is 43.1 Å². The molecule has 1 aliphatic rings. The smallest absolute Gasteiger partial charge is 0.271 e. The Balaban J connectivity index is 1.32. The minimum absolute atomic E-state index is 0.184. The Kier molecular flexibility index (Phi) is 5.52. The molecule has 1 aliphatic heterocycles. The fourth-order valence-electron chi connectivity index (χ4n) is 3.34. The number of benzene rings is 1. The van der Waals surface area contributed by atoms with Crippen molar-refractivity contribution >= 4 is 28.6 Å². The highest BCUT2D eigenvalue weighted by Gasteiger charge is 2.22. The van der Waals surface area contributed by atoms with E-state index in [-0.39, 0.29) is 5.91 Å². The number of hydrogen-bond acceptors (Lipinski definition) is 5. The van der Waals surface area contributed by atoms with Crippen molar-refractivity contribution in [1.82, 2.24) is 19.0 Å². The standard InChI is InChI=1S/C20H23N5O2S/c1-28(27)25-12-10-23(11-13-25)17-7-5-16(6-8-17)14-21-20(26)18-15-24-9-3-2-4-19(24)22-18/h2-9,15H,10-14H2,1H3,(H,21,26). The first kappa shape index (κ1) is 18.8. The third-order valence-electron chi connectivity index (χ3n) is 4.95. The van der Waals surface area contributed by atoms with Crippen molar-refractivity contribution in [3.8, 4) is 0 Å². The molecular weight excluding hydrogens is 374 g/mol. The SMILES string of the molecule is C[S+]([O-])N1CCN(c2ccc(CNC(=O)c3cn4ccccc4n3)cc2)CC1. The molecule has 8 heteroatoms. The van der Waals surface area contributed by atoms with Crippen LogP contribution < -0.4 is 10.2 Å². The van der Waals surface area contributed by atoms with E-state index in [1.165, 1.54) is 0 Å². The minimum Gasteiger partial charge on any atom is -0.598 e. The highest BCUT2D eigenvalue weighted by Crippen LogP contribution is 2.18. The Hall–Kier alpha value is -2.55. The molecule has 0 radical (unpaired) electrons. The van der Waals surface area contributed by atoms with Gasteiger partial charge < -0.3 is 19.2 Å². The van der Waals surface area contributed by atoms with Gasteiger partial charge in [0.2, 0.25) is 0 Å². The van der Waals surface area contributed by atoms with Crippen LogP contribution in [0.3, 0.4) is 0 Å². The molecule has 3 heterocycles. The van der Waals surface area contributed by atoms with Crippen molar-refractivity contribution in [1.29, 1.82) is 0 Å². The third kappa shape index (κ3) is 4.14. The first-order valence-electron chi connectivity index (χ1n) is 9.24. The zero-order chi connectivity index (χ0) is 19.5. The number of hydrogen-bond donors (Lipinski definition) is 1. The average molecular weight is 398 g/mol. The Morgan fingerprint density at radius 1 is 1.14 bits per heavy atom. The number of pyridine rings is 1. The molecular formula is C20H23N5O2S. The van der Waals surface area contributed by atoms with Crippen molar-refractivity contribution in [2.24, 2.45) is 0 Å². The largest absolute Gasteiger partial charge is 0.598 e. The summed E-state index contributed by atoms with van der Waals surface area (Å²) in [5, 5.41) is 2.92. The van der Waals surface area contributed by atoms with Crippen LogP contribution >= 0.6 is 0 Å². The number of anilines is 1. The molecule has 1 amide bonds. The van der Waals surface area contributed by atoms with Crippen LogP contribution in [0.2, 0.25) is 0 Å². The third-order valence-corrected chi connectivity index (χ3v) is 6.05. The van der Waals surface area contributed by atoms with Gasteiger partial charge in [-0.15, -0.1) is 4.31 Å². The average Bonchev–Trinajstić information content (AvgIpc) is 3.17. The van der Waals surface area contributed by atoms with Gasteiger partial charge in [-0.05, 0) is 29.8 Å². The monoisotopic (exact) mass is 397 g/mol. The van der Waals surface area contributed by atoms with Gasteiger partial charge in [-0.2, -0.15) is 0 Å². The van der Waals surface area contributed by atoms with E-state index in [1.807, 2.05) is 45.2 Å². The summed E-state index contributed by atoms with van der Waals surface area (Å²) < 4.78 is 15.4. The number of fused-ring (bicyclic) bond motifs is 1. The molecule has 1 N–H and O–H groups in total. The van der Waals surface area contributed by atoms with Crippen LogP contribution in [-0.4, -0.2) is 56.6 Å². The van der Waals surface area contributed by atoms with Gasteiger partial charge in [0, 0.05) is 49.1 Å². The molecule has 1 saturated heterocycles. The lowest BCUT2D eigenvalue weighted by Crippen LogP contribution is -2.48. The van der Waals surface area contributed by atoms with Crippen molar-refractivity contribution in [3.05, 3.63) is 66.1 Å². The summed E-state index contributed by atoms with van der Waals surface area (Å²) in [5.41, 5.74) is 3.35. The number of nitrogens with one attached hydrogen (secondary N) is 1. The van der Waals surface area contributed by atoms with Gasteiger partial charge in [-0.1, -0.05) is 18.2 Å². The summed E-state index contributed by atoms with van der Waals surface area (Å²) >= 11 is -0.896. The summed E-state index contributed by atoms with van der Waals surface area (Å²) in [6.45, 7) is 3.79. The van der Waals surface area contributed by atoms with Crippen molar-refractivity contribution in [2.45, 2.75) is 6.54 Å². The number of imidazole rings is 1. The predicted octanol–water partition coefficient (Wildman–Crippen LogP) is 1.68. The molecule has 1 atom stereocenters. The lowest BCUT2D eigenvalue weighted by molar-refractivity contribution is 0.0946. The molecule has 1 fully saturated rings. The molecule has 2 aromatic heterocycles. The van der Waals surface area contributed by atoms with Crippen LogP contribution in [0.25, 0.3) is 5.65 Å². The van der Waals surface area contributed by atoms with Crippen molar-refractivity contribution < 1.29 is 9.35 Å². The van der Waals surface area contributed by atoms with E-state index in [4.69, 9.17) is 0 Å². The van der Waals surface area contributed by atoms with E-state index in [9.17, 15) is 9.35 Å². The van der Waals surface area contributed by atoms with E-state index in [1.54, 1.807) is 12.5 Å². The van der Waals surface area contributed by atoms with Crippen LogP contribution in [0.5, 0.6) is 0 Å². The van der Waals surface area contributed by atoms with Gasteiger partial charge in [-0.25, -0.2) is 4.98 Å². The van der Waals surface area contributed by atoms with Crippen LogP contribution in [0.1, 0.15) is 16.1 Å². The normalized spacial score (nSPS) is 16.3. The van der Waals surface area contributed by atoms with Gasteiger partial charge in [0.05, 0.1) is 13.1 Å². The van der Waals surface area contributed by atoms with Crippen LogP contribution in [-0.2, 0) is 17.9 Å². The topological polar surface area (TPSA) is 75.9 Å². The molecule has 28 heavy (non-hydrogen) atoms. The summed E-state index contributed by atoms with van der Waals surface area (Å²) in [7, 11) is 0. The Morgan fingerprint density at radius 3 is 2.57 bits per heavy atom. The molecule has 0 aliphatic carbocycles. The fourth-order valence-corrected chi connectivity index (χ4v) is 4.02. The molecule has 0 bridgehead atoms. The fraction of sp³-hybridized carbons (Fsp3) is 0.300. The second kappa shape index (κ2) is 8.22. The van der Waals surface area contributed by atoms with Crippen molar-refractivity contribution in [3.63, 3.8) is 0 Å². The Labute approximate surface area is 167 Å². The quantitative estimate of drug-likeness (QED) is 0.663. The van der Waals surface area contributed by atoms with Crippen LogP contribution in [0.4, 0.5) is 5.69 Å². The second-order valence-corrected chi connectivity index (χ2v) is 8.15. The molecule has 3 aromatic rings. The number of piperazine rings is 1. The first-order valence-corrected chi connectivity index (χ1v) is 10.8. The number of aromatic nitrogens is 2. The van der Waals surface area contributed by atoms with E-state index in [2.05, 4.69) is 27.3 Å². The molecule has 7 nitrogen and oxygen atoms in total. The Bertz CT molecular complexity index is 916. The lowest BCUT2D eigenvalue weighted by Gasteiger charge is -2.34. The highest BCUT2D eigenvalue weighted by atomic mass is 32.2. The predicted molar refractivity (Wildman–Crippen MR) is 111 cm³/mol. The maximum atomic E-state index is 12.4. The number of nitrogens with zero attached hydrogens (tertiary/aromatic N) is 4. The van der Waals surface area contributed by atoms with Gasteiger partial charge in [0.25, 0.3) is 5.91 Å². The Morgan fingerprint density at radius 2 is 1.89 bits per heavy atom. The maximum Gasteiger partial charge on any atom is 0.271 e. The molecule has 1 unspecified atom stereocenters. The van der Waals surface area contributed by atoms with E-state index < -0.39 is 11.4 Å². The molecule has 0 spiro atoms. The molecule has 1 aromatic carbocycles. The van der Waals surface area contributed by atoms with Crippen molar-refractivity contribution in [2.75, 3.05) is 37.3 Å². The first-order chi connectivity index (χ1) is 13.6. The van der Waals surface area contributed by atoms with Gasteiger partial charge in [-0.3, -0.25) is 4.79 Å². The number of rotatable bonds is 5. The summed E-state index contributed by atoms with van der Waals surface area (Å²) in [6, 6.07) is 13.9.